The fraction of sp³-hybridized carbons (Fsp3) is 0.727. The normalized spacial score (nSPS) is 46.3. The zero-order valence-electron chi connectivity index (χ0n) is 16.0. The second-order valence-corrected chi connectivity index (χ2v) is 9.43. The number of hydrogen-bond acceptors (Lipinski definition) is 5. The van der Waals surface area contributed by atoms with Gasteiger partial charge in [-0.2, -0.15) is 0 Å². The van der Waals surface area contributed by atoms with Gasteiger partial charge in [-0.3, -0.25) is 9.69 Å². The van der Waals surface area contributed by atoms with Crippen molar-refractivity contribution >= 4 is 12.1 Å². The molecule has 1 aliphatic heterocycles. The summed E-state index contributed by atoms with van der Waals surface area (Å²) in [6.45, 7) is 1.98. The van der Waals surface area contributed by atoms with E-state index in [9.17, 15) is 14.7 Å². The Morgan fingerprint density at radius 2 is 2.22 bits per heavy atom. The molecule has 146 valence electrons. The molecule has 0 aromatic rings. The largest absolute Gasteiger partial charge is 0.497 e. The average molecular weight is 371 g/mol. The van der Waals surface area contributed by atoms with E-state index in [2.05, 4.69) is 17.1 Å². The van der Waals surface area contributed by atoms with Crippen LogP contribution in [-0.4, -0.2) is 53.9 Å². The number of likely N-dealkylation sites (tertiary alicyclic amines) is 1. The monoisotopic (exact) mass is 371 g/mol. The molecule has 1 heterocycles. The molecule has 0 aromatic carbocycles. The van der Waals surface area contributed by atoms with E-state index in [1.165, 1.54) is 12.8 Å². The number of aldehydes is 1. The molecule has 1 saturated heterocycles. The number of allylic oxidation sites excluding steroid dienone is 3. The van der Waals surface area contributed by atoms with Crippen molar-refractivity contribution in [3.05, 3.63) is 24.0 Å². The number of nitrogens with zero attached hydrogens (tertiary/aromatic N) is 1. The minimum atomic E-state index is -0.985. The molecule has 4 aliphatic carbocycles. The fourth-order valence-corrected chi connectivity index (χ4v) is 6.60. The van der Waals surface area contributed by atoms with Crippen LogP contribution in [0.3, 0.4) is 0 Å². The van der Waals surface area contributed by atoms with Gasteiger partial charge in [0.25, 0.3) is 0 Å². The highest BCUT2D eigenvalue weighted by Gasteiger charge is 2.69. The Kier molecular flexibility index (Phi) is 3.93. The first-order valence-electron chi connectivity index (χ1n) is 10.4. The van der Waals surface area contributed by atoms with Crippen molar-refractivity contribution in [3.8, 4) is 0 Å². The topological polar surface area (TPSA) is 66.8 Å². The number of aliphatic hydroxyl groups is 1. The van der Waals surface area contributed by atoms with E-state index >= 15 is 0 Å². The van der Waals surface area contributed by atoms with Crippen molar-refractivity contribution in [1.82, 2.24) is 4.90 Å². The number of carbonyl (C=O) groups excluding carboxylic acids is 2. The van der Waals surface area contributed by atoms with Crippen molar-refractivity contribution in [2.75, 3.05) is 20.2 Å². The van der Waals surface area contributed by atoms with Gasteiger partial charge in [-0.25, -0.2) is 0 Å². The lowest BCUT2D eigenvalue weighted by Crippen LogP contribution is -2.75. The molecule has 5 nitrogen and oxygen atoms in total. The van der Waals surface area contributed by atoms with Crippen LogP contribution < -0.4 is 0 Å². The standard InChI is InChI=1S/C22H29NO4/c1-27-17-5-4-15-8-20-22(26)10-16(13-24)19(25)11-21(22,18(15)9-17)6-7-23(20)12-14-2-3-14/h4-5,9,13-16,18,20,26H,2-3,6-8,10-12H2,1H3/t15?,16-,18?,20?,21+,22?/m0/s1. The van der Waals surface area contributed by atoms with Gasteiger partial charge in [0.15, 0.2) is 0 Å². The van der Waals surface area contributed by atoms with Crippen LogP contribution in [-0.2, 0) is 14.3 Å². The highest BCUT2D eigenvalue weighted by atomic mass is 16.5. The van der Waals surface area contributed by atoms with Crippen LogP contribution in [0.5, 0.6) is 0 Å². The van der Waals surface area contributed by atoms with E-state index in [1.807, 2.05) is 6.08 Å². The lowest BCUT2D eigenvalue weighted by molar-refractivity contribution is -0.241. The quantitative estimate of drug-likeness (QED) is 0.606. The molecule has 3 saturated carbocycles. The van der Waals surface area contributed by atoms with Crippen molar-refractivity contribution in [1.29, 1.82) is 0 Å². The van der Waals surface area contributed by atoms with E-state index in [-0.39, 0.29) is 24.2 Å². The van der Waals surface area contributed by atoms with Crippen LogP contribution in [0.15, 0.2) is 24.0 Å². The van der Waals surface area contributed by atoms with Gasteiger partial charge < -0.3 is 14.6 Å². The Balaban J connectivity index is 1.59. The zero-order valence-corrected chi connectivity index (χ0v) is 16.0. The first kappa shape index (κ1) is 17.6. The van der Waals surface area contributed by atoms with E-state index < -0.39 is 16.9 Å². The van der Waals surface area contributed by atoms with Gasteiger partial charge >= 0.3 is 0 Å². The van der Waals surface area contributed by atoms with Gasteiger partial charge in [0.1, 0.15) is 17.8 Å². The number of rotatable bonds is 4. The van der Waals surface area contributed by atoms with Crippen molar-refractivity contribution in [3.63, 3.8) is 0 Å². The predicted molar refractivity (Wildman–Crippen MR) is 99.7 cm³/mol. The first-order chi connectivity index (χ1) is 13.0. The molecule has 27 heavy (non-hydrogen) atoms. The minimum absolute atomic E-state index is 0.00615. The summed E-state index contributed by atoms with van der Waals surface area (Å²) in [5.41, 5.74) is -1.47. The van der Waals surface area contributed by atoms with Crippen LogP contribution in [0.1, 0.15) is 38.5 Å². The lowest BCUT2D eigenvalue weighted by Gasteiger charge is -2.67. The maximum Gasteiger partial charge on any atom is 0.143 e. The van der Waals surface area contributed by atoms with Crippen molar-refractivity contribution in [2.45, 2.75) is 50.2 Å². The van der Waals surface area contributed by atoms with Crippen LogP contribution in [0.25, 0.3) is 0 Å². The number of ether oxygens (including phenoxy) is 1. The highest BCUT2D eigenvalue weighted by molar-refractivity contribution is 5.95. The number of hydrogen-bond donors (Lipinski definition) is 1. The molecular weight excluding hydrogens is 342 g/mol. The Morgan fingerprint density at radius 1 is 1.41 bits per heavy atom. The third-order valence-electron chi connectivity index (χ3n) is 8.17. The van der Waals surface area contributed by atoms with Crippen molar-refractivity contribution < 1.29 is 19.4 Å². The van der Waals surface area contributed by atoms with Gasteiger partial charge in [0.05, 0.1) is 18.6 Å². The molecule has 0 amide bonds. The van der Waals surface area contributed by atoms with E-state index in [4.69, 9.17) is 4.74 Å². The number of piperidine rings is 1. The molecule has 2 bridgehead atoms. The number of carbonyl (C=O) groups is 2. The summed E-state index contributed by atoms with van der Waals surface area (Å²) in [7, 11) is 1.67. The summed E-state index contributed by atoms with van der Waals surface area (Å²) < 4.78 is 5.48. The number of fused-ring (bicyclic) bond motifs is 1. The predicted octanol–water partition coefficient (Wildman–Crippen LogP) is 2.10. The van der Waals surface area contributed by atoms with Gasteiger partial charge in [-0.1, -0.05) is 6.08 Å². The van der Waals surface area contributed by atoms with Crippen molar-refractivity contribution in [2.24, 2.45) is 29.1 Å². The summed E-state index contributed by atoms with van der Waals surface area (Å²) in [6, 6.07) is 0.0331. The van der Waals surface area contributed by atoms with Crippen LogP contribution in [0.2, 0.25) is 0 Å². The molecule has 0 spiro atoms. The Labute approximate surface area is 160 Å². The van der Waals surface area contributed by atoms with Gasteiger partial charge in [0, 0.05) is 24.4 Å². The molecule has 5 aliphatic rings. The van der Waals surface area contributed by atoms with E-state index in [0.29, 0.717) is 12.3 Å². The SMILES string of the molecule is COC1=CC2C(C=C1)CC1N(CC3CC3)CC[C@@]23CC(=O)[C@H](C=O)CC13O. The number of methoxy groups -OCH3 is 1. The fourth-order valence-electron chi connectivity index (χ4n) is 6.60. The Hall–Kier alpha value is -1.46. The Morgan fingerprint density at radius 3 is 2.93 bits per heavy atom. The number of ketones is 1. The zero-order chi connectivity index (χ0) is 18.8. The second-order valence-electron chi connectivity index (χ2n) is 9.43. The molecule has 0 aromatic heterocycles. The molecule has 0 radical (unpaired) electrons. The molecule has 5 rings (SSSR count). The van der Waals surface area contributed by atoms with Crippen LogP contribution >= 0.6 is 0 Å². The third kappa shape index (κ3) is 2.44. The van der Waals surface area contributed by atoms with E-state index in [0.717, 1.165) is 43.9 Å². The number of Topliss-reactive ketones (excluding diaryl/α,β-unsaturated/α-hetero) is 1. The van der Waals surface area contributed by atoms with Gasteiger partial charge in [-0.05, 0) is 68.6 Å². The summed E-state index contributed by atoms with van der Waals surface area (Å²) in [5.74, 6) is 1.33. The summed E-state index contributed by atoms with van der Waals surface area (Å²) in [6.07, 6.45) is 12.0. The molecule has 1 N–H and O–H groups in total. The maximum atomic E-state index is 12.8. The van der Waals surface area contributed by atoms with Crippen LogP contribution in [0, 0.1) is 29.1 Å². The molecule has 6 atom stereocenters. The van der Waals surface area contributed by atoms with Gasteiger partial charge in [0.2, 0.25) is 0 Å². The molecule has 4 unspecified atom stereocenters. The minimum Gasteiger partial charge on any atom is -0.497 e. The first-order valence-corrected chi connectivity index (χ1v) is 10.4. The molecule has 4 fully saturated rings. The summed E-state index contributed by atoms with van der Waals surface area (Å²) in [5, 5.41) is 12.1. The smallest absolute Gasteiger partial charge is 0.143 e. The average Bonchev–Trinajstić information content (AvgIpc) is 3.48. The third-order valence-corrected chi connectivity index (χ3v) is 8.17. The highest BCUT2D eigenvalue weighted by Crippen LogP contribution is 2.64. The lowest BCUT2D eigenvalue weighted by atomic mass is 9.43. The molecular formula is C22H29NO4. The maximum absolute atomic E-state index is 12.8. The van der Waals surface area contributed by atoms with Crippen LogP contribution in [0.4, 0.5) is 0 Å². The molecule has 5 heteroatoms. The summed E-state index contributed by atoms with van der Waals surface area (Å²) >= 11 is 0. The van der Waals surface area contributed by atoms with Gasteiger partial charge in [-0.15, -0.1) is 0 Å². The second kappa shape index (κ2) is 6.02. The van der Waals surface area contributed by atoms with E-state index in [1.54, 1.807) is 7.11 Å². The summed E-state index contributed by atoms with van der Waals surface area (Å²) in [4.78, 5) is 26.8. The Bertz CT molecular complexity index is 726.